The van der Waals surface area contributed by atoms with Crippen molar-refractivity contribution in [1.29, 1.82) is 0 Å². The third-order valence-electron chi connectivity index (χ3n) is 3.26. The predicted molar refractivity (Wildman–Crippen MR) is 91.1 cm³/mol. The molecule has 0 aliphatic heterocycles. The highest BCUT2D eigenvalue weighted by Gasteiger charge is 2.16. The number of amides is 1. The van der Waals surface area contributed by atoms with Crippen LogP contribution in [0.1, 0.15) is 18.1 Å². The standard InChI is InChI=1S/C17H17Cl2NO2/c1-10-9-14(5-6-15(10)19)22-12(3)17(21)20-16-7-4-13(18)8-11(16)2/h4-9,12H,1-3H3,(H,20,21). The van der Waals surface area contributed by atoms with E-state index in [9.17, 15) is 4.79 Å². The molecule has 22 heavy (non-hydrogen) atoms. The number of hydrogen-bond donors (Lipinski definition) is 1. The zero-order valence-electron chi connectivity index (χ0n) is 12.6. The monoisotopic (exact) mass is 337 g/mol. The molecule has 3 nitrogen and oxygen atoms in total. The number of rotatable bonds is 4. The summed E-state index contributed by atoms with van der Waals surface area (Å²) in [6, 6.07) is 10.6. The highest BCUT2D eigenvalue weighted by atomic mass is 35.5. The van der Waals surface area contributed by atoms with Crippen molar-refractivity contribution in [2.75, 3.05) is 5.32 Å². The molecule has 0 fully saturated rings. The first-order valence-corrected chi connectivity index (χ1v) is 7.62. The first-order valence-electron chi connectivity index (χ1n) is 6.86. The second kappa shape index (κ2) is 7.03. The minimum Gasteiger partial charge on any atom is -0.481 e. The maximum absolute atomic E-state index is 12.2. The summed E-state index contributed by atoms with van der Waals surface area (Å²) in [4.78, 5) is 12.2. The largest absolute Gasteiger partial charge is 0.481 e. The number of anilines is 1. The van der Waals surface area contributed by atoms with E-state index in [1.807, 2.05) is 13.8 Å². The quantitative estimate of drug-likeness (QED) is 0.850. The van der Waals surface area contributed by atoms with Gasteiger partial charge in [0, 0.05) is 15.7 Å². The van der Waals surface area contributed by atoms with E-state index in [-0.39, 0.29) is 5.91 Å². The Morgan fingerprint density at radius 3 is 2.45 bits per heavy atom. The van der Waals surface area contributed by atoms with Gasteiger partial charge in [0.15, 0.2) is 6.10 Å². The first kappa shape index (κ1) is 16.7. The molecule has 0 radical (unpaired) electrons. The van der Waals surface area contributed by atoms with Crippen LogP contribution < -0.4 is 10.1 Å². The predicted octanol–water partition coefficient (Wildman–Crippen LogP) is 5.02. The van der Waals surface area contributed by atoms with Crippen molar-refractivity contribution in [2.45, 2.75) is 26.9 Å². The Hall–Kier alpha value is -1.71. The Balaban J connectivity index is 2.04. The van der Waals surface area contributed by atoms with Gasteiger partial charge in [-0.15, -0.1) is 0 Å². The lowest BCUT2D eigenvalue weighted by atomic mass is 10.2. The number of nitrogens with one attached hydrogen (secondary N) is 1. The average molecular weight is 338 g/mol. The summed E-state index contributed by atoms with van der Waals surface area (Å²) in [6.07, 6.45) is -0.629. The number of ether oxygens (including phenoxy) is 1. The Morgan fingerprint density at radius 1 is 1.09 bits per heavy atom. The Bertz CT molecular complexity index is 701. The number of halogens is 2. The molecule has 0 aromatic heterocycles. The molecule has 1 atom stereocenters. The molecular formula is C17H17Cl2NO2. The zero-order chi connectivity index (χ0) is 16.3. The number of benzene rings is 2. The Kier molecular flexibility index (Phi) is 5.33. The van der Waals surface area contributed by atoms with Gasteiger partial charge in [0.2, 0.25) is 0 Å². The molecule has 116 valence electrons. The molecule has 1 amide bonds. The van der Waals surface area contributed by atoms with Crippen LogP contribution in [-0.4, -0.2) is 12.0 Å². The van der Waals surface area contributed by atoms with E-state index in [1.54, 1.807) is 43.3 Å². The van der Waals surface area contributed by atoms with E-state index < -0.39 is 6.10 Å². The lowest BCUT2D eigenvalue weighted by Gasteiger charge is -2.16. The van der Waals surface area contributed by atoms with Gasteiger partial charge in [0.25, 0.3) is 5.91 Å². The second-order valence-corrected chi connectivity index (χ2v) is 5.96. The van der Waals surface area contributed by atoms with Gasteiger partial charge in [0.1, 0.15) is 5.75 Å². The van der Waals surface area contributed by atoms with Gasteiger partial charge in [-0.05, 0) is 68.3 Å². The maximum Gasteiger partial charge on any atom is 0.265 e. The van der Waals surface area contributed by atoms with Crippen LogP contribution in [0.4, 0.5) is 5.69 Å². The maximum atomic E-state index is 12.2. The van der Waals surface area contributed by atoms with Gasteiger partial charge in [0.05, 0.1) is 0 Å². The molecule has 2 aromatic carbocycles. The highest BCUT2D eigenvalue weighted by molar-refractivity contribution is 6.31. The van der Waals surface area contributed by atoms with Crippen molar-refractivity contribution in [1.82, 2.24) is 0 Å². The smallest absolute Gasteiger partial charge is 0.265 e. The lowest BCUT2D eigenvalue weighted by molar-refractivity contribution is -0.122. The van der Waals surface area contributed by atoms with Gasteiger partial charge in [-0.3, -0.25) is 4.79 Å². The number of carbonyl (C=O) groups excluding carboxylic acids is 1. The third-order valence-corrected chi connectivity index (χ3v) is 3.92. The lowest BCUT2D eigenvalue weighted by Crippen LogP contribution is -2.30. The van der Waals surface area contributed by atoms with Crippen molar-refractivity contribution in [2.24, 2.45) is 0 Å². The highest BCUT2D eigenvalue weighted by Crippen LogP contribution is 2.23. The van der Waals surface area contributed by atoms with Crippen LogP contribution in [0.3, 0.4) is 0 Å². The number of carbonyl (C=O) groups is 1. The summed E-state index contributed by atoms with van der Waals surface area (Å²) in [6.45, 7) is 5.47. The fraction of sp³-hybridized carbons (Fsp3) is 0.235. The minimum absolute atomic E-state index is 0.224. The molecule has 5 heteroatoms. The Labute approximate surface area is 140 Å². The second-order valence-electron chi connectivity index (χ2n) is 5.12. The summed E-state index contributed by atoms with van der Waals surface area (Å²) in [5.41, 5.74) is 2.52. The third kappa shape index (κ3) is 4.15. The molecular weight excluding hydrogens is 321 g/mol. The van der Waals surface area contributed by atoms with Crippen molar-refractivity contribution in [3.05, 3.63) is 57.6 Å². The Morgan fingerprint density at radius 2 is 1.82 bits per heavy atom. The zero-order valence-corrected chi connectivity index (χ0v) is 14.1. The van der Waals surface area contributed by atoms with E-state index >= 15 is 0 Å². The fourth-order valence-corrected chi connectivity index (χ4v) is 2.29. The van der Waals surface area contributed by atoms with E-state index in [0.717, 1.165) is 16.8 Å². The molecule has 0 aliphatic rings. The van der Waals surface area contributed by atoms with Crippen molar-refractivity contribution in [3.8, 4) is 5.75 Å². The molecule has 1 unspecified atom stereocenters. The van der Waals surface area contributed by atoms with Crippen molar-refractivity contribution in [3.63, 3.8) is 0 Å². The van der Waals surface area contributed by atoms with Crippen molar-refractivity contribution < 1.29 is 9.53 Å². The fourth-order valence-electron chi connectivity index (χ4n) is 1.95. The van der Waals surface area contributed by atoms with Crippen LogP contribution in [0.25, 0.3) is 0 Å². The molecule has 0 aliphatic carbocycles. The van der Waals surface area contributed by atoms with Gasteiger partial charge < -0.3 is 10.1 Å². The van der Waals surface area contributed by atoms with Gasteiger partial charge in [-0.25, -0.2) is 0 Å². The number of hydrogen-bond acceptors (Lipinski definition) is 2. The van der Waals surface area contributed by atoms with Gasteiger partial charge >= 0.3 is 0 Å². The van der Waals surface area contributed by atoms with Crippen LogP contribution >= 0.6 is 23.2 Å². The summed E-state index contributed by atoms with van der Waals surface area (Å²) < 4.78 is 5.65. The van der Waals surface area contributed by atoms with Crippen molar-refractivity contribution >= 4 is 34.8 Å². The summed E-state index contributed by atoms with van der Waals surface area (Å²) in [7, 11) is 0. The normalized spacial score (nSPS) is 11.9. The minimum atomic E-state index is -0.629. The van der Waals surface area contributed by atoms with E-state index in [0.29, 0.717) is 15.8 Å². The van der Waals surface area contributed by atoms with E-state index in [2.05, 4.69) is 5.32 Å². The van der Waals surface area contributed by atoms with E-state index in [4.69, 9.17) is 27.9 Å². The summed E-state index contributed by atoms with van der Waals surface area (Å²) in [5.74, 6) is 0.385. The van der Waals surface area contributed by atoms with Crippen LogP contribution in [-0.2, 0) is 4.79 Å². The molecule has 0 spiro atoms. The first-order chi connectivity index (χ1) is 10.4. The molecule has 0 saturated carbocycles. The van der Waals surface area contributed by atoms with Crippen LogP contribution in [0, 0.1) is 13.8 Å². The molecule has 0 saturated heterocycles. The number of aryl methyl sites for hydroxylation is 2. The van der Waals surface area contributed by atoms with Gasteiger partial charge in [-0.2, -0.15) is 0 Å². The molecule has 2 rings (SSSR count). The average Bonchev–Trinajstić information content (AvgIpc) is 2.45. The molecule has 0 heterocycles. The summed E-state index contributed by atoms with van der Waals surface area (Å²) >= 11 is 11.9. The van der Waals surface area contributed by atoms with Crippen LogP contribution in [0.15, 0.2) is 36.4 Å². The topological polar surface area (TPSA) is 38.3 Å². The van der Waals surface area contributed by atoms with Crippen LogP contribution in [0.5, 0.6) is 5.75 Å². The van der Waals surface area contributed by atoms with Gasteiger partial charge in [-0.1, -0.05) is 23.2 Å². The SMILES string of the molecule is Cc1cc(OC(C)C(=O)Nc2ccc(Cl)cc2C)ccc1Cl. The summed E-state index contributed by atoms with van der Waals surface area (Å²) in [5, 5.41) is 4.14. The molecule has 0 bridgehead atoms. The van der Waals surface area contributed by atoms with E-state index in [1.165, 1.54) is 0 Å². The molecule has 1 N–H and O–H groups in total. The van der Waals surface area contributed by atoms with Crippen LogP contribution in [0.2, 0.25) is 10.0 Å². The molecule has 2 aromatic rings.